The molecule has 24 heavy (non-hydrogen) atoms. The van der Waals surface area contributed by atoms with Gasteiger partial charge in [0.05, 0.1) is 24.9 Å². The van der Waals surface area contributed by atoms with E-state index in [9.17, 15) is 14.7 Å². The third-order valence-electron chi connectivity index (χ3n) is 4.29. The lowest BCUT2D eigenvalue weighted by atomic mass is 10.0. The fraction of sp³-hybridized carbons (Fsp3) is 0.556. The molecule has 1 fully saturated rings. The van der Waals surface area contributed by atoms with Gasteiger partial charge in [-0.05, 0) is 30.9 Å². The Bertz CT molecular complexity index is 552. The number of aromatic carboxylic acids is 1. The van der Waals surface area contributed by atoms with Crippen LogP contribution in [0.15, 0.2) is 24.3 Å². The highest BCUT2D eigenvalue weighted by Gasteiger charge is 2.23. The van der Waals surface area contributed by atoms with Gasteiger partial charge in [0.15, 0.2) is 0 Å². The molecule has 6 heteroatoms. The van der Waals surface area contributed by atoms with Crippen LogP contribution in [0.3, 0.4) is 0 Å². The first-order chi connectivity index (χ1) is 11.6. The molecule has 1 aliphatic rings. The van der Waals surface area contributed by atoms with Crippen molar-refractivity contribution in [3.8, 4) is 0 Å². The number of benzene rings is 1. The number of carboxylic acids is 1. The Hall–Kier alpha value is -1.92. The number of carboxylic acid groups (broad SMARTS) is 1. The van der Waals surface area contributed by atoms with E-state index in [0.717, 1.165) is 12.8 Å². The third-order valence-corrected chi connectivity index (χ3v) is 4.29. The fourth-order valence-corrected chi connectivity index (χ4v) is 2.92. The number of hydrogen-bond donors (Lipinski definition) is 1. The van der Waals surface area contributed by atoms with Crippen molar-refractivity contribution in [2.24, 2.45) is 0 Å². The van der Waals surface area contributed by atoms with Crippen LogP contribution in [-0.4, -0.2) is 61.4 Å². The van der Waals surface area contributed by atoms with E-state index in [0.29, 0.717) is 44.7 Å². The van der Waals surface area contributed by atoms with Gasteiger partial charge < -0.3 is 19.5 Å². The fourth-order valence-electron chi connectivity index (χ4n) is 2.92. The zero-order valence-corrected chi connectivity index (χ0v) is 14.1. The molecule has 1 aromatic rings. The van der Waals surface area contributed by atoms with E-state index in [1.807, 2.05) is 4.90 Å². The number of piperidine rings is 1. The first kappa shape index (κ1) is 18.4. The number of carbonyl (C=O) groups excluding carboxylic acids is 1. The molecule has 0 saturated carbocycles. The third kappa shape index (κ3) is 5.32. The summed E-state index contributed by atoms with van der Waals surface area (Å²) in [5, 5.41) is 9.18. The van der Waals surface area contributed by atoms with Gasteiger partial charge in [-0.1, -0.05) is 18.2 Å². The molecule has 1 heterocycles. The molecule has 0 atom stereocenters. The van der Waals surface area contributed by atoms with E-state index >= 15 is 0 Å². The molecule has 0 radical (unpaired) electrons. The number of rotatable bonds is 8. The number of ether oxygens (including phenoxy) is 2. The average molecular weight is 335 g/mol. The molecule has 2 rings (SSSR count). The maximum absolute atomic E-state index is 12.3. The second-order valence-electron chi connectivity index (χ2n) is 5.91. The molecule has 1 saturated heterocycles. The molecule has 0 bridgehead atoms. The number of aryl methyl sites for hydroxylation is 1. The summed E-state index contributed by atoms with van der Waals surface area (Å²) in [7, 11) is 1.65. The molecule has 1 aromatic carbocycles. The summed E-state index contributed by atoms with van der Waals surface area (Å²) in [5.74, 6) is -0.877. The predicted octanol–water partition coefficient (Wildman–Crippen LogP) is 1.97. The van der Waals surface area contributed by atoms with E-state index < -0.39 is 5.97 Å². The second kappa shape index (κ2) is 9.39. The monoisotopic (exact) mass is 335 g/mol. The van der Waals surface area contributed by atoms with Crippen molar-refractivity contribution in [2.45, 2.75) is 31.8 Å². The smallest absolute Gasteiger partial charge is 0.335 e. The van der Waals surface area contributed by atoms with Gasteiger partial charge in [0, 0.05) is 26.6 Å². The summed E-state index contributed by atoms with van der Waals surface area (Å²) in [4.78, 5) is 25.4. The van der Waals surface area contributed by atoms with Gasteiger partial charge in [0.2, 0.25) is 5.91 Å². The van der Waals surface area contributed by atoms with Crippen molar-refractivity contribution in [3.05, 3.63) is 35.4 Å². The molecule has 0 spiro atoms. The van der Waals surface area contributed by atoms with Gasteiger partial charge in [-0.2, -0.15) is 0 Å². The lowest BCUT2D eigenvalue weighted by Crippen LogP contribution is -2.41. The van der Waals surface area contributed by atoms with Crippen LogP contribution >= 0.6 is 0 Å². The van der Waals surface area contributed by atoms with Crippen molar-refractivity contribution in [1.29, 1.82) is 0 Å². The Morgan fingerprint density at radius 3 is 2.58 bits per heavy atom. The molecule has 0 unspecified atom stereocenters. The number of carbonyl (C=O) groups is 2. The van der Waals surface area contributed by atoms with Crippen LogP contribution in [0.5, 0.6) is 0 Å². The van der Waals surface area contributed by atoms with Gasteiger partial charge in [0.1, 0.15) is 0 Å². The second-order valence-corrected chi connectivity index (χ2v) is 5.91. The van der Waals surface area contributed by atoms with Crippen molar-refractivity contribution in [1.82, 2.24) is 4.90 Å². The number of methoxy groups -OCH3 is 1. The Kier molecular flexibility index (Phi) is 7.21. The van der Waals surface area contributed by atoms with Crippen LogP contribution in [0, 0.1) is 0 Å². The van der Waals surface area contributed by atoms with Crippen molar-refractivity contribution in [3.63, 3.8) is 0 Å². The zero-order valence-electron chi connectivity index (χ0n) is 14.1. The number of hydrogen-bond acceptors (Lipinski definition) is 4. The summed E-state index contributed by atoms with van der Waals surface area (Å²) in [6, 6.07) is 6.84. The van der Waals surface area contributed by atoms with Gasteiger partial charge >= 0.3 is 5.97 Å². The highest BCUT2D eigenvalue weighted by atomic mass is 16.5. The normalized spacial score (nSPS) is 15.5. The lowest BCUT2D eigenvalue weighted by molar-refractivity contribution is -0.134. The minimum absolute atomic E-state index is 0.0746. The molecule has 132 valence electrons. The summed E-state index contributed by atoms with van der Waals surface area (Å²) in [6.07, 6.45) is 2.64. The van der Waals surface area contributed by atoms with E-state index in [2.05, 4.69) is 0 Å². The largest absolute Gasteiger partial charge is 0.478 e. The first-order valence-electron chi connectivity index (χ1n) is 8.31. The molecule has 0 aromatic heterocycles. The van der Waals surface area contributed by atoms with Crippen LogP contribution in [-0.2, 0) is 20.7 Å². The number of nitrogens with zero attached hydrogens (tertiary/aromatic N) is 1. The first-order valence-corrected chi connectivity index (χ1v) is 8.31. The Morgan fingerprint density at radius 2 is 1.92 bits per heavy atom. The number of likely N-dealkylation sites (tertiary alicyclic amines) is 1. The molecule has 1 amide bonds. The summed E-state index contributed by atoms with van der Waals surface area (Å²) >= 11 is 0. The molecule has 0 aliphatic carbocycles. The molecular weight excluding hydrogens is 310 g/mol. The Morgan fingerprint density at radius 1 is 1.21 bits per heavy atom. The van der Waals surface area contributed by atoms with E-state index in [1.54, 1.807) is 31.4 Å². The summed E-state index contributed by atoms with van der Waals surface area (Å²) < 4.78 is 10.7. The molecule has 1 aliphatic heterocycles. The van der Waals surface area contributed by atoms with Crippen LogP contribution in [0.4, 0.5) is 0 Å². The van der Waals surface area contributed by atoms with Crippen LogP contribution in [0.2, 0.25) is 0 Å². The topological polar surface area (TPSA) is 76.1 Å². The summed E-state index contributed by atoms with van der Waals surface area (Å²) in [6.45, 7) is 2.55. The van der Waals surface area contributed by atoms with Crippen molar-refractivity contribution < 1.29 is 24.2 Å². The highest BCUT2D eigenvalue weighted by molar-refractivity contribution is 5.89. The number of amides is 1. The lowest BCUT2D eigenvalue weighted by Gasteiger charge is -2.32. The Labute approximate surface area is 142 Å². The van der Waals surface area contributed by atoms with Crippen LogP contribution in [0.25, 0.3) is 0 Å². The SMILES string of the molecule is COCCOC1CCN(C(=O)CCc2ccccc2C(=O)O)CC1. The quantitative estimate of drug-likeness (QED) is 0.735. The van der Waals surface area contributed by atoms with Crippen molar-refractivity contribution >= 4 is 11.9 Å². The zero-order chi connectivity index (χ0) is 17.4. The highest BCUT2D eigenvalue weighted by Crippen LogP contribution is 2.16. The standard InChI is InChI=1S/C18H25NO5/c1-23-12-13-24-15-8-10-19(11-9-15)17(20)7-6-14-4-2-3-5-16(14)18(21)22/h2-5,15H,6-13H2,1H3,(H,21,22). The van der Waals surface area contributed by atoms with E-state index in [4.69, 9.17) is 9.47 Å². The predicted molar refractivity (Wildman–Crippen MR) is 89.2 cm³/mol. The maximum atomic E-state index is 12.3. The van der Waals surface area contributed by atoms with Gasteiger partial charge in [-0.15, -0.1) is 0 Å². The van der Waals surface area contributed by atoms with E-state index in [1.165, 1.54) is 0 Å². The van der Waals surface area contributed by atoms with Crippen molar-refractivity contribution in [2.75, 3.05) is 33.4 Å². The van der Waals surface area contributed by atoms with Crippen LogP contribution < -0.4 is 0 Å². The molecule has 1 N–H and O–H groups in total. The minimum Gasteiger partial charge on any atom is -0.478 e. The minimum atomic E-state index is -0.952. The van der Waals surface area contributed by atoms with Gasteiger partial charge in [-0.3, -0.25) is 4.79 Å². The van der Waals surface area contributed by atoms with Gasteiger partial charge in [0.25, 0.3) is 0 Å². The van der Waals surface area contributed by atoms with Gasteiger partial charge in [-0.25, -0.2) is 4.79 Å². The summed E-state index contributed by atoms with van der Waals surface area (Å²) in [5.41, 5.74) is 0.978. The maximum Gasteiger partial charge on any atom is 0.335 e. The average Bonchev–Trinajstić information content (AvgIpc) is 2.60. The molecular formula is C18H25NO5. The Balaban J connectivity index is 1.77. The van der Waals surface area contributed by atoms with Crippen LogP contribution in [0.1, 0.15) is 35.2 Å². The van der Waals surface area contributed by atoms with E-state index in [-0.39, 0.29) is 17.6 Å². The molecule has 6 nitrogen and oxygen atoms in total.